The molecular weight excluding hydrogens is 204 g/mol. The van der Waals surface area contributed by atoms with Gasteiger partial charge in [0.15, 0.2) is 0 Å². The van der Waals surface area contributed by atoms with Crippen molar-refractivity contribution in [1.82, 2.24) is 10.6 Å². The normalized spacial score (nSPS) is 9.81. The molecule has 0 heterocycles. The lowest BCUT2D eigenvalue weighted by Crippen LogP contribution is -2.32. The van der Waals surface area contributed by atoms with Crippen LogP contribution in [0.3, 0.4) is 0 Å². The molecule has 1 amide bonds. The van der Waals surface area contributed by atoms with Crippen LogP contribution in [0.5, 0.6) is 5.75 Å². The van der Waals surface area contributed by atoms with E-state index in [1.165, 1.54) is 6.92 Å². The van der Waals surface area contributed by atoms with Crippen molar-refractivity contribution in [1.29, 1.82) is 0 Å². The van der Waals surface area contributed by atoms with Crippen LogP contribution in [0.15, 0.2) is 30.3 Å². The molecule has 0 bridgehead atoms. The molecular formula is C12H18N2O2. The second kappa shape index (κ2) is 7.70. The van der Waals surface area contributed by atoms with Gasteiger partial charge < -0.3 is 15.4 Å². The number of hydrogen-bond donors (Lipinski definition) is 2. The number of amides is 1. The Morgan fingerprint density at radius 3 is 2.62 bits per heavy atom. The zero-order chi connectivity index (χ0) is 11.6. The van der Waals surface area contributed by atoms with Crippen LogP contribution in [-0.4, -0.2) is 32.1 Å². The summed E-state index contributed by atoms with van der Waals surface area (Å²) in [6.07, 6.45) is 0. The molecule has 1 aromatic rings. The lowest BCUT2D eigenvalue weighted by atomic mass is 10.3. The first kappa shape index (κ1) is 12.5. The van der Waals surface area contributed by atoms with E-state index < -0.39 is 0 Å². The Hall–Kier alpha value is -1.55. The zero-order valence-electron chi connectivity index (χ0n) is 9.53. The number of hydrogen-bond acceptors (Lipinski definition) is 3. The van der Waals surface area contributed by atoms with Crippen LogP contribution in [0.1, 0.15) is 6.92 Å². The smallest absolute Gasteiger partial charge is 0.216 e. The molecule has 0 saturated carbocycles. The Balaban J connectivity index is 1.94. The lowest BCUT2D eigenvalue weighted by molar-refractivity contribution is -0.118. The maximum Gasteiger partial charge on any atom is 0.216 e. The molecule has 1 rings (SSSR count). The van der Waals surface area contributed by atoms with Gasteiger partial charge in [-0.15, -0.1) is 0 Å². The van der Waals surface area contributed by atoms with Crippen molar-refractivity contribution < 1.29 is 9.53 Å². The van der Waals surface area contributed by atoms with E-state index in [9.17, 15) is 4.79 Å². The van der Waals surface area contributed by atoms with Crippen molar-refractivity contribution in [3.05, 3.63) is 30.3 Å². The fourth-order valence-electron chi connectivity index (χ4n) is 1.21. The first-order valence-electron chi connectivity index (χ1n) is 5.42. The van der Waals surface area contributed by atoms with Crippen molar-refractivity contribution in [3.8, 4) is 5.75 Å². The number of carbonyl (C=O) groups excluding carboxylic acids is 1. The third kappa shape index (κ3) is 6.03. The summed E-state index contributed by atoms with van der Waals surface area (Å²) in [5, 5.41) is 5.88. The van der Waals surface area contributed by atoms with Gasteiger partial charge in [-0.1, -0.05) is 18.2 Å². The number of para-hydroxylation sites is 1. The molecule has 0 radical (unpaired) electrons. The van der Waals surface area contributed by atoms with Crippen LogP contribution >= 0.6 is 0 Å². The van der Waals surface area contributed by atoms with Crippen LogP contribution in [0, 0.1) is 0 Å². The highest BCUT2D eigenvalue weighted by Crippen LogP contribution is 2.07. The maximum absolute atomic E-state index is 10.6. The van der Waals surface area contributed by atoms with E-state index in [1.54, 1.807) is 0 Å². The monoisotopic (exact) mass is 222 g/mol. The predicted octanol–water partition coefficient (Wildman–Crippen LogP) is 0.791. The van der Waals surface area contributed by atoms with E-state index in [2.05, 4.69) is 10.6 Å². The molecule has 0 spiro atoms. The number of carbonyl (C=O) groups is 1. The molecule has 0 aliphatic carbocycles. The molecule has 4 heteroatoms. The van der Waals surface area contributed by atoms with Gasteiger partial charge in [0, 0.05) is 26.6 Å². The topological polar surface area (TPSA) is 50.4 Å². The molecule has 16 heavy (non-hydrogen) atoms. The number of rotatable bonds is 7. The van der Waals surface area contributed by atoms with Gasteiger partial charge in [-0.05, 0) is 12.1 Å². The summed E-state index contributed by atoms with van der Waals surface area (Å²) in [6, 6.07) is 9.70. The maximum atomic E-state index is 10.6. The van der Waals surface area contributed by atoms with Gasteiger partial charge in [0.25, 0.3) is 0 Å². The highest BCUT2D eigenvalue weighted by molar-refractivity contribution is 5.72. The van der Waals surface area contributed by atoms with E-state index in [-0.39, 0.29) is 5.91 Å². The molecule has 0 unspecified atom stereocenters. The van der Waals surface area contributed by atoms with E-state index in [1.807, 2.05) is 30.3 Å². The van der Waals surface area contributed by atoms with Crippen LogP contribution in [0.4, 0.5) is 0 Å². The molecule has 0 saturated heterocycles. The van der Waals surface area contributed by atoms with Crippen LogP contribution in [-0.2, 0) is 4.79 Å². The molecule has 1 aromatic carbocycles. The third-order valence-electron chi connectivity index (χ3n) is 1.97. The zero-order valence-corrected chi connectivity index (χ0v) is 9.53. The summed E-state index contributed by atoms with van der Waals surface area (Å²) >= 11 is 0. The van der Waals surface area contributed by atoms with Gasteiger partial charge in [0.1, 0.15) is 12.4 Å². The molecule has 88 valence electrons. The summed E-state index contributed by atoms with van der Waals surface area (Å²) in [6.45, 7) is 4.33. The van der Waals surface area contributed by atoms with Crippen LogP contribution in [0.2, 0.25) is 0 Å². The lowest BCUT2D eigenvalue weighted by Gasteiger charge is -2.07. The minimum absolute atomic E-state index is 0.00216. The fourth-order valence-corrected chi connectivity index (χ4v) is 1.21. The van der Waals surface area contributed by atoms with E-state index in [0.717, 1.165) is 18.8 Å². The van der Waals surface area contributed by atoms with Crippen molar-refractivity contribution >= 4 is 5.91 Å². The summed E-state index contributed by atoms with van der Waals surface area (Å²) in [4.78, 5) is 10.6. The first-order valence-corrected chi connectivity index (χ1v) is 5.42. The highest BCUT2D eigenvalue weighted by atomic mass is 16.5. The Morgan fingerprint density at radius 1 is 1.19 bits per heavy atom. The Bertz CT molecular complexity index is 301. The number of ether oxygens (including phenoxy) is 1. The standard InChI is InChI=1S/C12H18N2O2/c1-11(15)14-8-7-13-9-10-16-12-5-3-2-4-6-12/h2-6,13H,7-10H2,1H3,(H,14,15). The van der Waals surface area contributed by atoms with Crippen molar-refractivity contribution in [3.63, 3.8) is 0 Å². The van der Waals surface area contributed by atoms with Gasteiger partial charge in [-0.25, -0.2) is 0 Å². The minimum Gasteiger partial charge on any atom is -0.492 e. The molecule has 0 aliphatic heterocycles. The third-order valence-corrected chi connectivity index (χ3v) is 1.97. The fraction of sp³-hybridized carbons (Fsp3) is 0.417. The Kier molecular flexibility index (Phi) is 6.03. The van der Waals surface area contributed by atoms with Gasteiger partial charge in [0.05, 0.1) is 0 Å². The number of benzene rings is 1. The molecule has 4 nitrogen and oxygen atoms in total. The average molecular weight is 222 g/mol. The summed E-state index contributed by atoms with van der Waals surface area (Å²) in [5.74, 6) is 0.883. The SMILES string of the molecule is CC(=O)NCCNCCOc1ccccc1. The van der Waals surface area contributed by atoms with Crippen molar-refractivity contribution in [2.75, 3.05) is 26.2 Å². The quantitative estimate of drug-likeness (QED) is 0.671. The van der Waals surface area contributed by atoms with Gasteiger partial charge in [-0.3, -0.25) is 4.79 Å². The molecule has 0 aliphatic rings. The number of nitrogens with one attached hydrogen (secondary N) is 2. The van der Waals surface area contributed by atoms with Crippen molar-refractivity contribution in [2.45, 2.75) is 6.92 Å². The Morgan fingerprint density at radius 2 is 1.94 bits per heavy atom. The van der Waals surface area contributed by atoms with E-state index in [4.69, 9.17) is 4.74 Å². The summed E-state index contributed by atoms with van der Waals surface area (Å²) < 4.78 is 5.48. The van der Waals surface area contributed by atoms with E-state index in [0.29, 0.717) is 13.2 Å². The van der Waals surface area contributed by atoms with Crippen LogP contribution < -0.4 is 15.4 Å². The molecule has 2 N–H and O–H groups in total. The second-order valence-corrected chi connectivity index (χ2v) is 3.39. The van der Waals surface area contributed by atoms with Gasteiger partial charge >= 0.3 is 0 Å². The highest BCUT2D eigenvalue weighted by Gasteiger charge is 1.92. The Labute approximate surface area is 96.0 Å². The average Bonchev–Trinajstić information content (AvgIpc) is 2.29. The minimum atomic E-state index is 0.00216. The van der Waals surface area contributed by atoms with E-state index >= 15 is 0 Å². The molecule has 0 fully saturated rings. The largest absolute Gasteiger partial charge is 0.492 e. The summed E-state index contributed by atoms with van der Waals surface area (Å²) in [7, 11) is 0. The predicted molar refractivity (Wildman–Crippen MR) is 63.5 cm³/mol. The first-order chi connectivity index (χ1) is 7.79. The van der Waals surface area contributed by atoms with Crippen LogP contribution in [0.25, 0.3) is 0 Å². The van der Waals surface area contributed by atoms with Gasteiger partial charge in [-0.2, -0.15) is 0 Å². The van der Waals surface area contributed by atoms with Crippen molar-refractivity contribution in [2.24, 2.45) is 0 Å². The summed E-state index contributed by atoms with van der Waals surface area (Å²) in [5.41, 5.74) is 0. The second-order valence-electron chi connectivity index (χ2n) is 3.39. The molecule has 0 atom stereocenters. The molecule has 0 aromatic heterocycles. The van der Waals surface area contributed by atoms with Gasteiger partial charge in [0.2, 0.25) is 5.91 Å².